The number of amides is 2. The summed E-state index contributed by atoms with van der Waals surface area (Å²) in [6.07, 6.45) is -3.50. The first-order valence-corrected chi connectivity index (χ1v) is 12.1. The number of alkyl halides is 3. The largest absolute Gasteiger partial charge is 0.427 e. The summed E-state index contributed by atoms with van der Waals surface area (Å²) < 4.78 is 74.9. The number of fused-ring (bicyclic) bond motifs is 1. The summed E-state index contributed by atoms with van der Waals surface area (Å²) in [7, 11) is 0. The van der Waals surface area contributed by atoms with Crippen LogP contribution >= 0.6 is 0 Å². The predicted octanol–water partition coefficient (Wildman–Crippen LogP) is 3.07. The zero-order valence-electron chi connectivity index (χ0n) is 21.1. The Morgan fingerprint density at radius 2 is 1.98 bits per heavy atom. The second kappa shape index (κ2) is 11.2. The van der Waals surface area contributed by atoms with Gasteiger partial charge in [-0.1, -0.05) is 17.0 Å². The summed E-state index contributed by atoms with van der Waals surface area (Å²) in [6, 6.07) is -0.193. The lowest BCUT2D eigenvalue weighted by Gasteiger charge is -2.37. The first-order valence-electron chi connectivity index (χ1n) is 12.1. The number of hydrogen-bond donors (Lipinski definition) is 4. The second-order valence-electron chi connectivity index (χ2n) is 9.45. The van der Waals surface area contributed by atoms with E-state index < -0.39 is 70.3 Å². The van der Waals surface area contributed by atoms with Crippen LogP contribution in [-0.4, -0.2) is 45.6 Å². The van der Waals surface area contributed by atoms with Gasteiger partial charge in [0.2, 0.25) is 5.54 Å². The molecular formula is C24H22F5N7O5. The Morgan fingerprint density at radius 1 is 1.27 bits per heavy atom. The number of hydrogen-bond acceptors (Lipinski definition) is 6. The molecule has 5 rings (SSSR count). The molecule has 0 spiro atoms. The number of nitrogens with one attached hydrogen (secondary N) is 3. The van der Waals surface area contributed by atoms with E-state index in [0.717, 1.165) is 6.07 Å². The third kappa shape index (κ3) is 5.89. The fourth-order valence-corrected chi connectivity index (χ4v) is 4.26. The number of benzene rings is 1. The van der Waals surface area contributed by atoms with Crippen molar-refractivity contribution < 1.29 is 36.6 Å². The van der Waals surface area contributed by atoms with Crippen LogP contribution in [0.25, 0.3) is 10.4 Å². The summed E-state index contributed by atoms with van der Waals surface area (Å²) in [6.45, 7) is 1.26. The minimum Gasteiger partial charge on any atom is -0.394 e. The fraction of sp³-hybridized carbons (Fsp3) is 0.458. The van der Waals surface area contributed by atoms with Crippen LogP contribution < -0.4 is 21.9 Å². The molecule has 4 N–H and O–H groups in total. The molecule has 2 amide bonds. The van der Waals surface area contributed by atoms with Crippen molar-refractivity contribution >= 4 is 11.7 Å². The number of anilines is 1. The van der Waals surface area contributed by atoms with Gasteiger partial charge in [0.25, 0.3) is 5.56 Å². The molecule has 2 aromatic rings. The van der Waals surface area contributed by atoms with Crippen molar-refractivity contribution in [2.24, 2.45) is 11.0 Å². The minimum atomic E-state index is -5.12. The quantitative estimate of drug-likeness (QED) is 0.143. The molecule has 218 valence electrons. The van der Waals surface area contributed by atoms with E-state index in [2.05, 4.69) is 20.9 Å². The van der Waals surface area contributed by atoms with Crippen molar-refractivity contribution in [1.29, 1.82) is 0 Å². The number of nitrogens with zero attached hydrogens (tertiary/aromatic N) is 4. The molecule has 1 aromatic heterocycles. The number of ether oxygens (including phenoxy) is 1. The van der Waals surface area contributed by atoms with Crippen LogP contribution in [0.15, 0.2) is 33.0 Å². The summed E-state index contributed by atoms with van der Waals surface area (Å²) in [5.41, 5.74) is 2.99. The first-order chi connectivity index (χ1) is 19.3. The van der Waals surface area contributed by atoms with Crippen molar-refractivity contribution in [1.82, 2.24) is 14.9 Å². The molecule has 12 nitrogen and oxygen atoms in total. The lowest BCUT2D eigenvalue weighted by atomic mass is 9.85. The fourth-order valence-electron chi connectivity index (χ4n) is 4.26. The molecule has 2 aliphatic heterocycles. The Kier molecular flexibility index (Phi) is 8.11. The summed E-state index contributed by atoms with van der Waals surface area (Å²) in [5.74, 6) is 0.968. The number of rotatable bonds is 3. The Bertz CT molecular complexity index is 1590. The third-order valence-electron chi connectivity index (χ3n) is 6.53. The van der Waals surface area contributed by atoms with E-state index in [-0.39, 0.29) is 18.9 Å². The highest BCUT2D eigenvalue weighted by atomic mass is 19.4. The Balaban J connectivity index is 0.000000191. The number of carbonyl (C=O) groups excluding carboxylic acids is 1. The zero-order valence-corrected chi connectivity index (χ0v) is 21.1. The van der Waals surface area contributed by atoms with Gasteiger partial charge in [-0.25, -0.2) is 18.4 Å². The second-order valence-corrected chi connectivity index (χ2v) is 9.45. The Hall–Kier alpha value is -4.39. The zero-order chi connectivity index (χ0) is 30.1. The van der Waals surface area contributed by atoms with Crippen molar-refractivity contribution in [3.8, 4) is 11.8 Å². The van der Waals surface area contributed by atoms with E-state index in [4.69, 9.17) is 15.4 Å². The molecule has 1 saturated heterocycles. The molecule has 0 bridgehead atoms. The van der Waals surface area contributed by atoms with Crippen molar-refractivity contribution in [2.45, 2.75) is 56.3 Å². The van der Waals surface area contributed by atoms with Gasteiger partial charge in [0.15, 0.2) is 11.6 Å². The van der Waals surface area contributed by atoms with Crippen LogP contribution in [0.3, 0.4) is 0 Å². The summed E-state index contributed by atoms with van der Waals surface area (Å²) in [4.78, 5) is 39.4. The number of aromatic amines is 1. The van der Waals surface area contributed by atoms with Crippen LogP contribution in [0.1, 0.15) is 36.6 Å². The van der Waals surface area contributed by atoms with Crippen molar-refractivity contribution in [3.05, 3.63) is 72.4 Å². The van der Waals surface area contributed by atoms with Gasteiger partial charge in [-0.05, 0) is 37.4 Å². The predicted molar refractivity (Wildman–Crippen MR) is 131 cm³/mol. The van der Waals surface area contributed by atoms with Crippen LogP contribution in [-0.2, 0) is 10.3 Å². The van der Waals surface area contributed by atoms with Gasteiger partial charge in [-0.3, -0.25) is 14.3 Å². The first kappa shape index (κ1) is 29.6. The Morgan fingerprint density at radius 3 is 2.59 bits per heavy atom. The molecule has 17 heteroatoms. The lowest BCUT2D eigenvalue weighted by molar-refractivity contribution is -0.179. The van der Waals surface area contributed by atoms with E-state index in [0.29, 0.717) is 24.5 Å². The van der Waals surface area contributed by atoms with E-state index in [1.54, 1.807) is 12.2 Å². The average Bonchev–Trinajstić information content (AvgIpc) is 3.65. The number of aliphatic hydroxyl groups excluding tert-OH is 1. The number of H-pyrrole nitrogens is 1. The molecule has 2 fully saturated rings. The third-order valence-corrected chi connectivity index (χ3v) is 6.53. The topological polar surface area (TPSA) is 174 Å². The number of carbonyl (C=O) groups is 1. The van der Waals surface area contributed by atoms with Crippen LogP contribution in [0.2, 0.25) is 0 Å². The molecule has 0 unspecified atom stereocenters. The van der Waals surface area contributed by atoms with Crippen LogP contribution in [0, 0.1) is 36.3 Å². The van der Waals surface area contributed by atoms with Gasteiger partial charge in [-0.15, -0.1) is 0 Å². The van der Waals surface area contributed by atoms with E-state index >= 15 is 0 Å². The van der Waals surface area contributed by atoms with Gasteiger partial charge >= 0.3 is 17.9 Å². The Labute approximate surface area is 227 Å². The van der Waals surface area contributed by atoms with Crippen molar-refractivity contribution in [2.75, 3.05) is 11.9 Å². The van der Waals surface area contributed by atoms with Crippen molar-refractivity contribution in [3.63, 3.8) is 0 Å². The van der Waals surface area contributed by atoms with Crippen LogP contribution in [0.5, 0.6) is 0 Å². The SMILES string of the molecule is Cc1cn([C@H]2C[C@H](N=[N+]=[N-])[C@@H](CO)O2)c(=O)[nH]c1=O.O=C1Nc2ccc(F)c(F)c2[C@@](C#CC2CC2)(C(F)(F)F)N1. The number of azide groups is 1. The number of halogens is 5. The van der Waals surface area contributed by atoms with E-state index in [1.165, 1.54) is 10.8 Å². The number of aryl methyl sites for hydroxylation is 1. The maximum absolute atomic E-state index is 14.0. The molecular weight excluding hydrogens is 561 g/mol. The average molecular weight is 583 g/mol. The molecule has 1 aliphatic carbocycles. The highest BCUT2D eigenvalue weighted by Gasteiger charge is 2.61. The van der Waals surface area contributed by atoms with Gasteiger partial charge < -0.3 is 20.5 Å². The standard InChI is InChI=1S/C14H9F5N2O.C10H13N5O4/c15-8-3-4-9-10(11(8)16)13(14(17,18)19,21-12(22)20-9)6-5-7-1-2-7;1-5-3-15(10(18)12-9(5)17)8-2-6(13-14-11)7(4-16)19-8/h3-4,7H,1-2H2,(H2,20,21,22);3,6-8,16H,2,4H2,1H3,(H,12,17,18)/t13-;6-,7+,8+/m00/s1. The van der Waals surface area contributed by atoms with E-state index in [9.17, 15) is 36.3 Å². The maximum Gasteiger partial charge on any atom is 0.427 e. The maximum atomic E-state index is 14.0. The number of aromatic nitrogens is 2. The van der Waals surface area contributed by atoms with Gasteiger partial charge in [-0.2, -0.15) is 13.2 Å². The molecule has 1 saturated carbocycles. The monoisotopic (exact) mass is 583 g/mol. The number of urea groups is 1. The van der Waals surface area contributed by atoms with Crippen LogP contribution in [0.4, 0.5) is 32.4 Å². The lowest BCUT2D eigenvalue weighted by Crippen LogP contribution is -2.59. The summed E-state index contributed by atoms with van der Waals surface area (Å²) in [5, 5.41) is 16.3. The molecule has 4 atom stereocenters. The normalized spacial score (nSPS) is 24.9. The minimum absolute atomic E-state index is 0.217. The molecule has 0 radical (unpaired) electrons. The molecule has 41 heavy (non-hydrogen) atoms. The highest BCUT2D eigenvalue weighted by molar-refractivity contribution is 5.94. The van der Waals surface area contributed by atoms with E-state index in [1.807, 2.05) is 11.2 Å². The molecule has 3 aliphatic rings. The summed E-state index contributed by atoms with van der Waals surface area (Å²) >= 11 is 0. The smallest absolute Gasteiger partial charge is 0.394 e. The van der Waals surface area contributed by atoms with Gasteiger partial charge in [0.05, 0.1) is 30.0 Å². The van der Waals surface area contributed by atoms with Gasteiger partial charge in [0, 0.05) is 29.0 Å². The molecule has 1 aromatic carbocycles. The highest BCUT2D eigenvalue weighted by Crippen LogP contribution is 2.45. The number of aliphatic hydroxyl groups is 1. The van der Waals surface area contributed by atoms with Gasteiger partial charge in [0.1, 0.15) is 6.23 Å². The molecule has 3 heterocycles.